The molecule has 1 aromatic carbocycles. The van der Waals surface area contributed by atoms with E-state index in [1.807, 2.05) is 52.0 Å². The van der Waals surface area contributed by atoms with Crippen LogP contribution in [0.15, 0.2) is 40.7 Å². The molecule has 126 valence electrons. The first-order valence-corrected chi connectivity index (χ1v) is 8.39. The highest BCUT2D eigenvalue weighted by molar-refractivity contribution is 9.10. The molecule has 0 amide bonds. The van der Waals surface area contributed by atoms with E-state index in [9.17, 15) is 4.39 Å². The standard InChI is InChI=1S/C16H18BBrFN3O2/c1-15(2)16(3,4)24-17(23-15)14(19)9-11-10-22(21-20-11)13-8-6-5-7-12(13)18/h5-10H,1-4H3. The summed E-state index contributed by atoms with van der Waals surface area (Å²) in [4.78, 5) is 0. The zero-order valence-corrected chi connectivity index (χ0v) is 15.5. The predicted molar refractivity (Wildman–Crippen MR) is 94.2 cm³/mol. The van der Waals surface area contributed by atoms with E-state index in [2.05, 4.69) is 26.2 Å². The molecule has 0 aliphatic carbocycles. The lowest BCUT2D eigenvalue weighted by molar-refractivity contribution is 0.00578. The van der Waals surface area contributed by atoms with E-state index in [1.165, 1.54) is 6.08 Å². The zero-order chi connectivity index (χ0) is 17.5. The minimum absolute atomic E-state index is 0.387. The summed E-state index contributed by atoms with van der Waals surface area (Å²) in [7, 11) is -1.04. The van der Waals surface area contributed by atoms with Crippen LogP contribution in [0.5, 0.6) is 0 Å². The molecule has 0 saturated carbocycles. The molecule has 1 fully saturated rings. The molecule has 0 N–H and O–H groups in total. The second kappa shape index (κ2) is 6.09. The van der Waals surface area contributed by atoms with E-state index < -0.39 is 24.0 Å². The van der Waals surface area contributed by atoms with Crippen LogP contribution in [0.1, 0.15) is 33.4 Å². The Morgan fingerprint density at radius 3 is 2.46 bits per heavy atom. The molecular weight excluding hydrogens is 376 g/mol. The van der Waals surface area contributed by atoms with Crippen LogP contribution in [0.2, 0.25) is 0 Å². The summed E-state index contributed by atoms with van der Waals surface area (Å²) in [5.41, 5.74) is -0.503. The van der Waals surface area contributed by atoms with Gasteiger partial charge in [0.2, 0.25) is 0 Å². The molecule has 0 unspecified atom stereocenters. The minimum atomic E-state index is -1.04. The molecule has 0 bridgehead atoms. The first-order chi connectivity index (χ1) is 11.2. The fourth-order valence-corrected chi connectivity index (χ4v) is 2.73. The number of rotatable bonds is 3. The van der Waals surface area contributed by atoms with E-state index in [-0.39, 0.29) is 0 Å². The molecule has 8 heteroatoms. The van der Waals surface area contributed by atoms with E-state index in [0.29, 0.717) is 5.69 Å². The molecule has 1 aromatic heterocycles. The summed E-state index contributed by atoms with van der Waals surface area (Å²) in [5, 5.41) is 8.01. The second-order valence-corrected chi connectivity index (χ2v) is 7.51. The highest BCUT2D eigenvalue weighted by Gasteiger charge is 2.53. The lowest BCUT2D eigenvalue weighted by Crippen LogP contribution is -2.41. The quantitative estimate of drug-likeness (QED) is 0.740. The highest BCUT2D eigenvalue weighted by Crippen LogP contribution is 2.39. The lowest BCUT2D eigenvalue weighted by Gasteiger charge is -2.32. The van der Waals surface area contributed by atoms with Crippen molar-refractivity contribution in [2.24, 2.45) is 0 Å². The smallest absolute Gasteiger partial charge is 0.398 e. The van der Waals surface area contributed by atoms with E-state index in [4.69, 9.17) is 9.31 Å². The fraction of sp³-hybridized carbons (Fsp3) is 0.375. The number of nitrogens with zero attached hydrogens (tertiary/aromatic N) is 3. The molecule has 0 radical (unpaired) electrons. The Hall–Kier alpha value is -1.51. The second-order valence-electron chi connectivity index (χ2n) is 6.66. The van der Waals surface area contributed by atoms with E-state index >= 15 is 0 Å². The number of hydrogen-bond donors (Lipinski definition) is 0. The average molecular weight is 394 g/mol. The van der Waals surface area contributed by atoms with Gasteiger partial charge in [0.15, 0.2) is 0 Å². The molecule has 0 spiro atoms. The summed E-state index contributed by atoms with van der Waals surface area (Å²) < 4.78 is 28.3. The lowest BCUT2D eigenvalue weighted by atomic mass is 9.87. The molecular formula is C16H18BBrFN3O2. The molecule has 2 heterocycles. The van der Waals surface area contributed by atoms with Crippen LogP contribution in [-0.4, -0.2) is 33.3 Å². The zero-order valence-electron chi connectivity index (χ0n) is 14.0. The molecule has 2 aromatic rings. The van der Waals surface area contributed by atoms with E-state index in [0.717, 1.165) is 10.2 Å². The van der Waals surface area contributed by atoms with Crippen molar-refractivity contribution in [3.63, 3.8) is 0 Å². The summed E-state index contributed by atoms with van der Waals surface area (Å²) in [6, 6.07) is 7.58. The number of benzene rings is 1. The van der Waals surface area contributed by atoms with Gasteiger partial charge in [0, 0.05) is 4.47 Å². The molecule has 24 heavy (non-hydrogen) atoms. The topological polar surface area (TPSA) is 49.2 Å². The van der Waals surface area contributed by atoms with Crippen LogP contribution in [0, 0.1) is 0 Å². The molecule has 0 atom stereocenters. The summed E-state index contributed by atoms with van der Waals surface area (Å²) in [6.45, 7) is 7.51. The van der Waals surface area contributed by atoms with Crippen molar-refractivity contribution in [2.45, 2.75) is 38.9 Å². The summed E-state index contributed by atoms with van der Waals surface area (Å²) >= 11 is 3.45. The Kier molecular flexibility index (Phi) is 4.40. The third kappa shape index (κ3) is 3.18. The number of aromatic nitrogens is 3. The molecule has 1 aliphatic rings. The molecule has 3 rings (SSSR count). The number of hydrogen-bond acceptors (Lipinski definition) is 4. The predicted octanol–water partition coefficient (Wildman–Crippen LogP) is 3.97. The monoisotopic (exact) mass is 393 g/mol. The molecule has 1 saturated heterocycles. The molecule has 1 aliphatic heterocycles. The van der Waals surface area contributed by atoms with Crippen LogP contribution in [-0.2, 0) is 9.31 Å². The van der Waals surface area contributed by atoms with Crippen LogP contribution in [0.25, 0.3) is 11.8 Å². The van der Waals surface area contributed by atoms with Crippen molar-refractivity contribution in [2.75, 3.05) is 0 Å². The van der Waals surface area contributed by atoms with Gasteiger partial charge in [-0.25, -0.2) is 9.07 Å². The Morgan fingerprint density at radius 1 is 1.21 bits per heavy atom. The number of halogens is 2. The van der Waals surface area contributed by atoms with Gasteiger partial charge < -0.3 is 9.31 Å². The maximum Gasteiger partial charge on any atom is 0.525 e. The van der Waals surface area contributed by atoms with Crippen LogP contribution < -0.4 is 0 Å². The third-order valence-corrected chi connectivity index (χ3v) is 5.05. The Bertz CT molecular complexity index is 775. The van der Waals surface area contributed by atoms with Gasteiger partial charge in [-0.1, -0.05) is 17.3 Å². The van der Waals surface area contributed by atoms with Gasteiger partial charge in [-0.2, -0.15) is 0 Å². The van der Waals surface area contributed by atoms with Gasteiger partial charge in [0.1, 0.15) is 11.4 Å². The van der Waals surface area contributed by atoms with Crippen LogP contribution >= 0.6 is 15.9 Å². The number of para-hydroxylation sites is 1. The maximum absolute atomic E-state index is 14.5. The molecule has 5 nitrogen and oxygen atoms in total. The van der Waals surface area contributed by atoms with Gasteiger partial charge in [0.25, 0.3) is 0 Å². The highest BCUT2D eigenvalue weighted by atomic mass is 79.9. The maximum atomic E-state index is 14.5. The first kappa shape index (κ1) is 17.3. The van der Waals surface area contributed by atoms with Gasteiger partial charge in [0.05, 0.1) is 23.1 Å². The fourth-order valence-electron chi connectivity index (χ4n) is 2.26. The summed E-state index contributed by atoms with van der Waals surface area (Å²) in [6.07, 6.45) is 2.92. The largest absolute Gasteiger partial charge is 0.525 e. The summed E-state index contributed by atoms with van der Waals surface area (Å²) in [5.74, 6) is 0. The van der Waals surface area contributed by atoms with Crippen molar-refractivity contribution < 1.29 is 13.7 Å². The average Bonchev–Trinajstić information content (AvgIpc) is 3.02. The van der Waals surface area contributed by atoms with Gasteiger partial charge >= 0.3 is 7.12 Å². The van der Waals surface area contributed by atoms with Gasteiger partial charge in [-0.05, 0) is 61.8 Å². The minimum Gasteiger partial charge on any atom is -0.398 e. The van der Waals surface area contributed by atoms with Gasteiger partial charge in [-0.3, -0.25) is 0 Å². The first-order valence-electron chi connectivity index (χ1n) is 7.60. The van der Waals surface area contributed by atoms with Crippen molar-refractivity contribution in [3.8, 4) is 5.69 Å². The Labute approximate surface area is 149 Å². The Balaban J connectivity index is 1.82. The Morgan fingerprint density at radius 2 is 1.83 bits per heavy atom. The van der Waals surface area contributed by atoms with Crippen LogP contribution in [0.3, 0.4) is 0 Å². The normalized spacial score (nSPS) is 19.8. The van der Waals surface area contributed by atoms with Crippen molar-refractivity contribution in [1.29, 1.82) is 0 Å². The third-order valence-electron chi connectivity index (χ3n) is 4.37. The van der Waals surface area contributed by atoms with Crippen LogP contribution in [0.4, 0.5) is 4.39 Å². The van der Waals surface area contributed by atoms with Crippen molar-refractivity contribution >= 4 is 29.1 Å². The SMILES string of the molecule is CC1(C)OB(C(F)=Cc2cn(-c3ccccc3Br)nn2)OC1(C)C. The van der Waals surface area contributed by atoms with E-state index in [1.54, 1.807) is 10.9 Å². The van der Waals surface area contributed by atoms with Crippen molar-refractivity contribution in [1.82, 2.24) is 15.0 Å². The van der Waals surface area contributed by atoms with Crippen molar-refractivity contribution in [3.05, 3.63) is 46.4 Å². The van der Waals surface area contributed by atoms with Gasteiger partial charge in [-0.15, -0.1) is 5.10 Å².